The zero-order chi connectivity index (χ0) is 20.8. The van der Waals surface area contributed by atoms with E-state index in [0.717, 1.165) is 12.2 Å². The SMILES string of the molecule is Cn1ncc2cc(OC3([N+](=O)[O-])C=CC=CC3F)c(-c3cnn(C(=O)O)c3)cc21. The van der Waals surface area contributed by atoms with Gasteiger partial charge in [0, 0.05) is 35.8 Å². The van der Waals surface area contributed by atoms with Crippen molar-refractivity contribution in [2.24, 2.45) is 7.05 Å². The van der Waals surface area contributed by atoms with Crippen LogP contribution in [0.25, 0.3) is 22.0 Å². The smallest absolute Gasteiger partial charge is 0.432 e. The van der Waals surface area contributed by atoms with Gasteiger partial charge in [0.15, 0.2) is 0 Å². The van der Waals surface area contributed by atoms with Gasteiger partial charge in [0.05, 0.1) is 22.8 Å². The van der Waals surface area contributed by atoms with Crippen LogP contribution in [-0.4, -0.2) is 47.6 Å². The Kier molecular flexibility index (Phi) is 4.14. The average Bonchev–Trinajstić information content (AvgIpc) is 3.30. The number of rotatable bonds is 4. The first-order chi connectivity index (χ1) is 13.8. The van der Waals surface area contributed by atoms with Gasteiger partial charge in [-0.1, -0.05) is 12.2 Å². The van der Waals surface area contributed by atoms with Gasteiger partial charge in [-0.2, -0.15) is 14.9 Å². The molecule has 0 saturated carbocycles. The third-order valence-corrected chi connectivity index (χ3v) is 4.62. The van der Waals surface area contributed by atoms with Crippen LogP contribution in [0.15, 0.2) is 55.0 Å². The van der Waals surface area contributed by atoms with E-state index in [4.69, 9.17) is 9.84 Å². The highest BCUT2D eigenvalue weighted by Gasteiger charge is 2.52. The van der Waals surface area contributed by atoms with Crippen LogP contribution in [0.1, 0.15) is 0 Å². The molecule has 0 radical (unpaired) electrons. The second kappa shape index (κ2) is 6.55. The van der Waals surface area contributed by atoms with Crippen molar-refractivity contribution in [3.63, 3.8) is 0 Å². The summed E-state index contributed by atoms with van der Waals surface area (Å²) < 4.78 is 22.5. The summed E-state index contributed by atoms with van der Waals surface area (Å²) in [5.41, 5.74) is -1.15. The molecule has 3 aromatic rings. The van der Waals surface area contributed by atoms with Crippen molar-refractivity contribution in [2.45, 2.75) is 11.9 Å². The maximum Gasteiger partial charge on any atom is 0.432 e. The number of fused-ring (bicyclic) bond motifs is 1. The Morgan fingerprint density at radius 2 is 2.14 bits per heavy atom. The zero-order valence-corrected chi connectivity index (χ0v) is 15.0. The van der Waals surface area contributed by atoms with E-state index < -0.39 is 22.9 Å². The first-order valence-corrected chi connectivity index (χ1v) is 8.39. The van der Waals surface area contributed by atoms with Crippen molar-refractivity contribution >= 4 is 17.0 Å². The van der Waals surface area contributed by atoms with Crippen LogP contribution in [-0.2, 0) is 7.05 Å². The molecule has 2 aromatic heterocycles. The Labute approximate surface area is 162 Å². The Hall–Kier alpha value is -4.02. The fourth-order valence-electron chi connectivity index (χ4n) is 3.11. The molecule has 0 aliphatic heterocycles. The maximum absolute atomic E-state index is 14.6. The largest absolute Gasteiger partial charge is 0.463 e. The van der Waals surface area contributed by atoms with E-state index in [9.17, 15) is 19.3 Å². The van der Waals surface area contributed by atoms with E-state index in [1.807, 2.05) is 0 Å². The van der Waals surface area contributed by atoms with Gasteiger partial charge in [-0.3, -0.25) is 14.8 Å². The molecule has 1 aliphatic rings. The maximum atomic E-state index is 14.6. The van der Waals surface area contributed by atoms with Gasteiger partial charge in [-0.15, -0.1) is 0 Å². The molecule has 0 spiro atoms. The molecule has 1 aliphatic carbocycles. The van der Waals surface area contributed by atoms with Crippen LogP contribution in [0.4, 0.5) is 9.18 Å². The number of carboxylic acid groups (broad SMARTS) is 1. The van der Waals surface area contributed by atoms with Crippen LogP contribution >= 0.6 is 0 Å². The second-order valence-electron chi connectivity index (χ2n) is 6.39. The highest BCUT2D eigenvalue weighted by atomic mass is 19.1. The third kappa shape index (κ3) is 2.92. The van der Waals surface area contributed by atoms with Crippen LogP contribution in [0.2, 0.25) is 0 Å². The number of aromatic nitrogens is 4. The number of benzene rings is 1. The molecule has 2 unspecified atom stereocenters. The lowest BCUT2D eigenvalue weighted by molar-refractivity contribution is -0.606. The van der Waals surface area contributed by atoms with Crippen LogP contribution in [0, 0.1) is 10.1 Å². The fourth-order valence-corrected chi connectivity index (χ4v) is 3.11. The number of hydrogen-bond acceptors (Lipinski definition) is 6. The zero-order valence-electron chi connectivity index (χ0n) is 15.0. The van der Waals surface area contributed by atoms with Crippen LogP contribution in [0.3, 0.4) is 0 Å². The Bertz CT molecular complexity index is 1200. The highest BCUT2D eigenvalue weighted by Crippen LogP contribution is 2.38. The molecular formula is C18H14FN5O5. The Balaban J connectivity index is 1.90. The molecule has 0 saturated heterocycles. The lowest BCUT2D eigenvalue weighted by Gasteiger charge is -2.27. The number of allylic oxidation sites excluding steroid dienone is 2. The van der Waals surface area contributed by atoms with Gasteiger partial charge in [0.25, 0.3) is 0 Å². The topological polar surface area (TPSA) is 125 Å². The number of nitro groups is 1. The standard InChI is InChI=1S/C18H14FN5O5/c1-22-14-7-13(12-9-21-23(10-12)17(25)26)15(6-11(14)8-20-22)29-18(24(27)28)5-3-2-4-16(18)19/h2-10,16H,1H3,(H,25,26). The van der Waals surface area contributed by atoms with Crippen molar-refractivity contribution in [1.29, 1.82) is 0 Å². The first kappa shape index (κ1) is 18.3. The second-order valence-corrected chi connectivity index (χ2v) is 6.39. The number of aryl methyl sites for hydroxylation is 1. The highest BCUT2D eigenvalue weighted by molar-refractivity contribution is 5.88. The summed E-state index contributed by atoms with van der Waals surface area (Å²) in [6.45, 7) is 0. The number of ether oxygens (including phenoxy) is 1. The summed E-state index contributed by atoms with van der Waals surface area (Å²) in [6.07, 6.45) is 5.49. The number of halogens is 1. The molecule has 29 heavy (non-hydrogen) atoms. The van der Waals surface area contributed by atoms with Crippen LogP contribution in [0.5, 0.6) is 5.75 Å². The summed E-state index contributed by atoms with van der Waals surface area (Å²) in [4.78, 5) is 22.1. The summed E-state index contributed by atoms with van der Waals surface area (Å²) in [5, 5.41) is 29.3. The predicted molar refractivity (Wildman–Crippen MR) is 98.9 cm³/mol. The third-order valence-electron chi connectivity index (χ3n) is 4.62. The average molecular weight is 399 g/mol. The van der Waals surface area contributed by atoms with Gasteiger partial charge < -0.3 is 9.84 Å². The van der Waals surface area contributed by atoms with E-state index in [1.54, 1.807) is 17.8 Å². The van der Waals surface area contributed by atoms with E-state index in [0.29, 0.717) is 26.7 Å². The van der Waals surface area contributed by atoms with Crippen molar-refractivity contribution < 1.29 is 24.0 Å². The van der Waals surface area contributed by atoms with Gasteiger partial charge in [-0.25, -0.2) is 9.18 Å². The molecule has 1 aromatic carbocycles. The quantitative estimate of drug-likeness (QED) is 0.406. The molecule has 0 bridgehead atoms. The van der Waals surface area contributed by atoms with Crippen molar-refractivity contribution in [3.8, 4) is 16.9 Å². The molecule has 0 amide bonds. The molecule has 2 atom stereocenters. The van der Waals surface area contributed by atoms with Crippen LogP contribution < -0.4 is 4.74 Å². The van der Waals surface area contributed by atoms with Crippen molar-refractivity contribution in [3.05, 3.63) is 65.1 Å². The minimum absolute atomic E-state index is 0.00487. The molecule has 4 rings (SSSR count). The minimum atomic E-state index is -2.46. The summed E-state index contributed by atoms with van der Waals surface area (Å²) in [6, 6.07) is 3.13. The van der Waals surface area contributed by atoms with Crippen molar-refractivity contribution in [2.75, 3.05) is 0 Å². The van der Waals surface area contributed by atoms with Gasteiger partial charge >= 0.3 is 11.8 Å². The predicted octanol–water partition coefficient (Wildman–Crippen LogP) is 2.78. The van der Waals surface area contributed by atoms with Gasteiger partial charge in [-0.05, 0) is 18.2 Å². The lowest BCUT2D eigenvalue weighted by atomic mass is 10.0. The summed E-state index contributed by atoms with van der Waals surface area (Å²) in [7, 11) is 1.71. The number of nitrogens with zero attached hydrogens (tertiary/aromatic N) is 5. The number of carbonyl (C=O) groups is 1. The first-order valence-electron chi connectivity index (χ1n) is 8.39. The Morgan fingerprint density at radius 1 is 1.34 bits per heavy atom. The molecule has 11 heteroatoms. The molecule has 148 valence electrons. The summed E-state index contributed by atoms with van der Waals surface area (Å²) >= 11 is 0. The van der Waals surface area contributed by atoms with E-state index in [1.165, 1.54) is 36.8 Å². The van der Waals surface area contributed by atoms with Gasteiger partial charge in [0.1, 0.15) is 5.75 Å². The lowest BCUT2D eigenvalue weighted by Crippen LogP contribution is -2.51. The fraction of sp³-hybridized carbons (Fsp3) is 0.167. The normalized spacial score (nSPS) is 20.8. The Morgan fingerprint density at radius 3 is 2.79 bits per heavy atom. The number of alkyl halides is 1. The monoisotopic (exact) mass is 399 g/mol. The molecule has 1 N–H and O–H groups in total. The van der Waals surface area contributed by atoms with E-state index >= 15 is 0 Å². The van der Waals surface area contributed by atoms with Gasteiger partial charge in [0.2, 0.25) is 6.17 Å². The summed E-state index contributed by atoms with van der Waals surface area (Å²) in [5.74, 6) is -0.00487. The molecule has 2 heterocycles. The molecule has 0 fully saturated rings. The van der Waals surface area contributed by atoms with E-state index in [2.05, 4.69) is 10.2 Å². The minimum Gasteiger partial charge on any atom is -0.463 e. The number of hydrogen-bond donors (Lipinski definition) is 1. The molecule has 10 nitrogen and oxygen atoms in total. The van der Waals surface area contributed by atoms with Crippen molar-refractivity contribution in [1.82, 2.24) is 19.6 Å². The van der Waals surface area contributed by atoms with E-state index in [-0.39, 0.29) is 5.75 Å². The molecular weight excluding hydrogens is 385 g/mol.